The van der Waals surface area contributed by atoms with Gasteiger partial charge in [-0.1, -0.05) is 17.3 Å². The van der Waals surface area contributed by atoms with Crippen LogP contribution in [0.25, 0.3) is 11.5 Å². The van der Waals surface area contributed by atoms with E-state index < -0.39 is 5.54 Å². The van der Waals surface area contributed by atoms with Crippen molar-refractivity contribution in [1.82, 2.24) is 10.1 Å². The largest absolute Gasteiger partial charge is 0.334 e. The Labute approximate surface area is 116 Å². The van der Waals surface area contributed by atoms with Crippen molar-refractivity contribution >= 4 is 12.4 Å². The van der Waals surface area contributed by atoms with E-state index in [0.717, 1.165) is 19.3 Å². The molecule has 19 heavy (non-hydrogen) atoms. The molecular weight excluding hydrogens is 269 g/mol. The van der Waals surface area contributed by atoms with E-state index in [0.29, 0.717) is 17.0 Å². The molecule has 1 aromatic heterocycles. The van der Waals surface area contributed by atoms with Crippen molar-refractivity contribution in [3.63, 3.8) is 0 Å². The SMILES string of the molecule is Cc1cccc(-c2nc(C3(N)CCC3)no2)c1F.Cl. The summed E-state index contributed by atoms with van der Waals surface area (Å²) in [6.45, 7) is 1.70. The molecule has 1 aromatic carbocycles. The molecule has 1 heterocycles. The summed E-state index contributed by atoms with van der Waals surface area (Å²) in [7, 11) is 0. The minimum Gasteiger partial charge on any atom is -0.334 e. The molecule has 2 N–H and O–H groups in total. The highest BCUT2D eigenvalue weighted by Gasteiger charge is 2.39. The van der Waals surface area contributed by atoms with Gasteiger partial charge in [0.2, 0.25) is 0 Å². The number of halogens is 2. The summed E-state index contributed by atoms with van der Waals surface area (Å²) in [5.74, 6) is 0.347. The predicted octanol–water partition coefficient (Wildman–Crippen LogP) is 2.94. The summed E-state index contributed by atoms with van der Waals surface area (Å²) in [4.78, 5) is 4.23. The average Bonchev–Trinajstić information content (AvgIpc) is 2.79. The van der Waals surface area contributed by atoms with Crippen molar-refractivity contribution in [2.24, 2.45) is 5.73 Å². The second-order valence-electron chi connectivity index (χ2n) is 4.87. The molecule has 1 saturated carbocycles. The lowest BCUT2D eigenvalue weighted by molar-refractivity contribution is 0.229. The Balaban J connectivity index is 0.00000133. The first-order valence-corrected chi connectivity index (χ1v) is 5.99. The number of benzene rings is 1. The third kappa shape index (κ3) is 2.24. The fraction of sp³-hybridized carbons (Fsp3) is 0.385. The van der Waals surface area contributed by atoms with Crippen LogP contribution in [0.3, 0.4) is 0 Å². The quantitative estimate of drug-likeness (QED) is 0.920. The van der Waals surface area contributed by atoms with Gasteiger partial charge in [-0.25, -0.2) is 4.39 Å². The van der Waals surface area contributed by atoms with Crippen molar-refractivity contribution in [1.29, 1.82) is 0 Å². The van der Waals surface area contributed by atoms with Crippen LogP contribution in [0.2, 0.25) is 0 Å². The van der Waals surface area contributed by atoms with E-state index >= 15 is 0 Å². The number of nitrogens with zero attached hydrogens (tertiary/aromatic N) is 2. The van der Waals surface area contributed by atoms with Crippen LogP contribution >= 0.6 is 12.4 Å². The topological polar surface area (TPSA) is 64.9 Å². The van der Waals surface area contributed by atoms with Gasteiger partial charge in [-0.2, -0.15) is 4.98 Å². The molecule has 1 aliphatic carbocycles. The van der Waals surface area contributed by atoms with Crippen LogP contribution in [0.15, 0.2) is 22.7 Å². The van der Waals surface area contributed by atoms with Crippen LogP contribution in [-0.4, -0.2) is 10.1 Å². The average molecular weight is 284 g/mol. The lowest BCUT2D eigenvalue weighted by atomic mass is 9.77. The van der Waals surface area contributed by atoms with Crippen molar-refractivity contribution in [2.45, 2.75) is 31.7 Å². The predicted molar refractivity (Wildman–Crippen MR) is 71.4 cm³/mol. The smallest absolute Gasteiger partial charge is 0.260 e. The summed E-state index contributed by atoms with van der Waals surface area (Å²) in [5, 5.41) is 3.88. The lowest BCUT2D eigenvalue weighted by Gasteiger charge is -2.34. The molecule has 6 heteroatoms. The zero-order valence-corrected chi connectivity index (χ0v) is 11.3. The van der Waals surface area contributed by atoms with E-state index in [1.807, 2.05) is 0 Å². The van der Waals surface area contributed by atoms with Crippen molar-refractivity contribution in [2.75, 3.05) is 0 Å². The Morgan fingerprint density at radius 1 is 1.37 bits per heavy atom. The van der Waals surface area contributed by atoms with Crippen LogP contribution in [0.4, 0.5) is 4.39 Å². The third-order valence-electron chi connectivity index (χ3n) is 3.54. The van der Waals surface area contributed by atoms with Gasteiger partial charge >= 0.3 is 0 Å². The summed E-state index contributed by atoms with van der Waals surface area (Å²) >= 11 is 0. The molecule has 0 spiro atoms. The minimum absolute atomic E-state index is 0. The standard InChI is InChI=1S/C13H14FN3O.ClH/c1-8-4-2-5-9(10(8)14)11-16-12(17-18-11)13(15)6-3-7-13;/h2,4-5H,3,6-7,15H2,1H3;1H. The molecule has 0 atom stereocenters. The van der Waals surface area contributed by atoms with Crippen LogP contribution in [-0.2, 0) is 5.54 Å². The van der Waals surface area contributed by atoms with E-state index in [4.69, 9.17) is 10.3 Å². The van der Waals surface area contributed by atoms with Gasteiger partial charge in [0.15, 0.2) is 5.82 Å². The molecule has 0 unspecified atom stereocenters. The van der Waals surface area contributed by atoms with E-state index in [1.165, 1.54) is 0 Å². The highest BCUT2D eigenvalue weighted by atomic mass is 35.5. The highest BCUT2D eigenvalue weighted by Crippen LogP contribution is 2.37. The number of aryl methyl sites for hydroxylation is 1. The summed E-state index contributed by atoms with van der Waals surface area (Å²) in [6, 6.07) is 5.09. The van der Waals surface area contributed by atoms with Gasteiger partial charge in [0, 0.05) is 0 Å². The number of hydrogen-bond acceptors (Lipinski definition) is 4. The van der Waals surface area contributed by atoms with E-state index in [1.54, 1.807) is 25.1 Å². The first-order chi connectivity index (χ1) is 8.60. The molecular formula is C13H15ClFN3O. The molecule has 3 rings (SSSR count). The van der Waals surface area contributed by atoms with E-state index in [-0.39, 0.29) is 24.1 Å². The molecule has 0 saturated heterocycles. The molecule has 0 aliphatic heterocycles. The van der Waals surface area contributed by atoms with Gasteiger partial charge < -0.3 is 10.3 Å². The maximum atomic E-state index is 13.9. The first kappa shape index (κ1) is 14.0. The first-order valence-electron chi connectivity index (χ1n) is 5.99. The number of hydrogen-bond donors (Lipinski definition) is 1. The molecule has 0 radical (unpaired) electrons. The Morgan fingerprint density at radius 3 is 2.74 bits per heavy atom. The summed E-state index contributed by atoms with van der Waals surface area (Å²) in [6.07, 6.45) is 2.77. The minimum atomic E-state index is -0.484. The zero-order chi connectivity index (χ0) is 12.8. The fourth-order valence-electron chi connectivity index (χ4n) is 2.13. The second-order valence-corrected chi connectivity index (χ2v) is 4.87. The molecule has 1 fully saturated rings. The normalized spacial score (nSPS) is 16.6. The van der Waals surface area contributed by atoms with Gasteiger partial charge in [0.25, 0.3) is 5.89 Å². The third-order valence-corrected chi connectivity index (χ3v) is 3.54. The molecule has 2 aromatic rings. The molecule has 102 valence electrons. The molecule has 0 amide bonds. The van der Waals surface area contributed by atoms with Crippen molar-refractivity contribution in [3.8, 4) is 11.5 Å². The van der Waals surface area contributed by atoms with Gasteiger partial charge in [-0.05, 0) is 37.8 Å². The van der Waals surface area contributed by atoms with Gasteiger partial charge in [0.05, 0.1) is 11.1 Å². The number of nitrogens with two attached hydrogens (primary N) is 1. The van der Waals surface area contributed by atoms with Crippen LogP contribution in [0.5, 0.6) is 0 Å². The van der Waals surface area contributed by atoms with Gasteiger partial charge in [-0.15, -0.1) is 12.4 Å². The molecule has 0 bridgehead atoms. The van der Waals surface area contributed by atoms with Crippen molar-refractivity contribution in [3.05, 3.63) is 35.4 Å². The maximum absolute atomic E-state index is 13.9. The second kappa shape index (κ2) is 4.90. The molecule has 1 aliphatic rings. The van der Waals surface area contributed by atoms with Gasteiger partial charge in [-0.3, -0.25) is 0 Å². The molecule has 4 nitrogen and oxygen atoms in total. The highest BCUT2D eigenvalue weighted by molar-refractivity contribution is 5.85. The number of aromatic nitrogens is 2. The number of rotatable bonds is 2. The Morgan fingerprint density at radius 2 is 2.11 bits per heavy atom. The van der Waals surface area contributed by atoms with Crippen LogP contribution < -0.4 is 5.73 Å². The van der Waals surface area contributed by atoms with Crippen LogP contribution in [0, 0.1) is 12.7 Å². The van der Waals surface area contributed by atoms with E-state index in [9.17, 15) is 4.39 Å². The monoisotopic (exact) mass is 283 g/mol. The van der Waals surface area contributed by atoms with Crippen molar-refractivity contribution < 1.29 is 8.91 Å². The fourth-order valence-corrected chi connectivity index (χ4v) is 2.13. The maximum Gasteiger partial charge on any atom is 0.260 e. The lowest BCUT2D eigenvalue weighted by Crippen LogP contribution is -2.44. The Kier molecular flexibility index (Phi) is 3.60. The van der Waals surface area contributed by atoms with Gasteiger partial charge in [0.1, 0.15) is 5.82 Å². The Hall–Kier alpha value is -1.46. The van der Waals surface area contributed by atoms with E-state index in [2.05, 4.69) is 10.1 Å². The zero-order valence-electron chi connectivity index (χ0n) is 10.5. The summed E-state index contributed by atoms with van der Waals surface area (Å²) in [5.41, 5.74) is 6.50. The van der Waals surface area contributed by atoms with Crippen LogP contribution in [0.1, 0.15) is 30.7 Å². The Bertz CT molecular complexity index is 595. The summed E-state index contributed by atoms with van der Waals surface area (Å²) < 4.78 is 19.1.